The van der Waals surface area contributed by atoms with Crippen molar-refractivity contribution in [3.8, 4) is 33.6 Å². The molecule has 2 aromatic heterocycles. The maximum Gasteiger partial charge on any atom is 0.179 e. The molecule has 12 aromatic rings. The molecule has 2 heterocycles. The molecule has 0 aliphatic carbocycles. The fourth-order valence-electron chi connectivity index (χ4n) is 10.3. The quantitative estimate of drug-likeness (QED) is 0.107. The van der Waals surface area contributed by atoms with Crippen LogP contribution in [0, 0.1) is 0 Å². The lowest BCUT2D eigenvalue weighted by molar-refractivity contribution is 1.17. The van der Waals surface area contributed by atoms with Gasteiger partial charge in [-0.25, -0.2) is 0 Å². The van der Waals surface area contributed by atoms with Gasteiger partial charge < -0.3 is 9.13 Å². The maximum atomic E-state index is 2.47. The zero-order valence-electron chi connectivity index (χ0n) is 34.6. The van der Waals surface area contributed by atoms with Crippen LogP contribution in [0.3, 0.4) is 0 Å². The second-order valence-electron chi connectivity index (χ2n) is 16.5. The normalized spacial score (nSPS) is 11.8. The highest BCUT2D eigenvalue weighted by molar-refractivity contribution is 7.19. The minimum absolute atomic E-state index is 1.15. The van der Waals surface area contributed by atoms with Gasteiger partial charge in [0.05, 0.1) is 22.1 Å². The Morgan fingerprint density at radius 3 is 1.21 bits per heavy atom. The highest BCUT2D eigenvalue weighted by atomic mass is 28.3. The molecule has 12 rings (SSSR count). The van der Waals surface area contributed by atoms with Gasteiger partial charge in [-0.1, -0.05) is 200 Å². The second kappa shape index (κ2) is 15.2. The summed E-state index contributed by atoms with van der Waals surface area (Å²) >= 11 is 0. The maximum absolute atomic E-state index is 2.69. The van der Waals surface area contributed by atoms with Gasteiger partial charge in [0, 0.05) is 32.9 Å². The van der Waals surface area contributed by atoms with Crippen molar-refractivity contribution in [2.24, 2.45) is 0 Å². The minimum atomic E-state index is -2.69. The van der Waals surface area contributed by atoms with Crippen LogP contribution in [0.15, 0.2) is 255 Å². The summed E-state index contributed by atoms with van der Waals surface area (Å²) in [7, 11) is -2.69. The van der Waals surface area contributed by atoms with Crippen molar-refractivity contribution in [1.82, 2.24) is 9.13 Å². The van der Waals surface area contributed by atoms with Crippen molar-refractivity contribution in [3.63, 3.8) is 0 Å². The Hall–Kier alpha value is -7.98. The SMILES string of the molecule is c1ccc(-c2cccc(-n3c4ccccc4c4cc(-n5c6ccccc6c6cc(-c7cccc([Si](c8ccccc8)(c8ccccc8)c8ccccc8)c7)ccc65)ccc43)c2)cc1. The number of hydrogen-bond donors (Lipinski definition) is 0. The molecule has 63 heavy (non-hydrogen) atoms. The topological polar surface area (TPSA) is 9.86 Å². The minimum Gasteiger partial charge on any atom is -0.309 e. The molecule has 0 fully saturated rings. The molecule has 10 aromatic carbocycles. The third-order valence-electron chi connectivity index (χ3n) is 13.0. The summed E-state index contributed by atoms with van der Waals surface area (Å²) in [6.45, 7) is 0. The van der Waals surface area contributed by atoms with Crippen molar-refractivity contribution in [2.45, 2.75) is 0 Å². The third-order valence-corrected chi connectivity index (χ3v) is 17.8. The van der Waals surface area contributed by atoms with Crippen molar-refractivity contribution < 1.29 is 0 Å². The van der Waals surface area contributed by atoms with Crippen molar-refractivity contribution in [1.29, 1.82) is 0 Å². The first kappa shape index (κ1) is 36.8. The number of rotatable bonds is 8. The van der Waals surface area contributed by atoms with E-state index in [9.17, 15) is 0 Å². The van der Waals surface area contributed by atoms with E-state index in [0.717, 1.165) is 11.4 Å². The first-order chi connectivity index (χ1) is 31.3. The zero-order chi connectivity index (χ0) is 41.7. The molecule has 0 saturated heterocycles. The van der Waals surface area contributed by atoms with Gasteiger partial charge in [-0.05, 0) is 97.6 Å². The van der Waals surface area contributed by atoms with Crippen LogP contribution >= 0.6 is 0 Å². The lowest BCUT2D eigenvalue weighted by Gasteiger charge is -2.34. The molecule has 0 radical (unpaired) electrons. The zero-order valence-corrected chi connectivity index (χ0v) is 35.6. The van der Waals surface area contributed by atoms with Crippen molar-refractivity contribution in [3.05, 3.63) is 255 Å². The average molecular weight is 819 g/mol. The molecule has 0 aliphatic rings. The van der Waals surface area contributed by atoms with Gasteiger partial charge >= 0.3 is 0 Å². The molecule has 0 amide bonds. The Kier molecular flexibility index (Phi) is 8.87. The van der Waals surface area contributed by atoms with E-state index in [1.165, 1.54) is 86.6 Å². The molecule has 0 bridgehead atoms. The van der Waals surface area contributed by atoms with E-state index in [0.29, 0.717) is 0 Å². The fraction of sp³-hybridized carbons (Fsp3) is 0. The average Bonchev–Trinajstić information content (AvgIpc) is 3.88. The van der Waals surface area contributed by atoms with Gasteiger partial charge in [0.2, 0.25) is 0 Å². The Bertz CT molecular complexity index is 3510. The molecule has 2 nitrogen and oxygen atoms in total. The Morgan fingerprint density at radius 1 is 0.222 bits per heavy atom. The molecular formula is C60H42N2Si. The molecule has 0 spiro atoms. The molecule has 0 unspecified atom stereocenters. The Morgan fingerprint density at radius 2 is 0.619 bits per heavy atom. The predicted octanol–water partition coefficient (Wildman–Crippen LogP) is 12.6. The first-order valence-electron chi connectivity index (χ1n) is 21.8. The second-order valence-corrected chi connectivity index (χ2v) is 20.3. The molecule has 296 valence electrons. The smallest absolute Gasteiger partial charge is 0.179 e. The van der Waals surface area contributed by atoms with Crippen LogP contribution in [-0.4, -0.2) is 17.2 Å². The lowest BCUT2D eigenvalue weighted by atomic mass is 10.0. The number of nitrogens with zero attached hydrogens (tertiary/aromatic N) is 2. The van der Waals surface area contributed by atoms with Crippen molar-refractivity contribution >= 4 is 72.4 Å². The van der Waals surface area contributed by atoms with E-state index in [1.807, 2.05) is 0 Å². The molecule has 3 heteroatoms. The molecule has 0 saturated carbocycles. The van der Waals surface area contributed by atoms with Gasteiger partial charge in [0.25, 0.3) is 0 Å². The summed E-state index contributed by atoms with van der Waals surface area (Å²) in [5.41, 5.74) is 11.9. The number of para-hydroxylation sites is 2. The third kappa shape index (κ3) is 6.00. The van der Waals surface area contributed by atoms with Gasteiger partial charge in [-0.2, -0.15) is 0 Å². The van der Waals surface area contributed by atoms with Gasteiger partial charge in [-0.3, -0.25) is 0 Å². The van der Waals surface area contributed by atoms with Crippen LogP contribution < -0.4 is 20.7 Å². The summed E-state index contributed by atoms with van der Waals surface area (Å²) < 4.78 is 4.86. The first-order valence-corrected chi connectivity index (χ1v) is 23.8. The molecule has 0 atom stereocenters. The number of fused-ring (bicyclic) bond motifs is 6. The van der Waals surface area contributed by atoms with Gasteiger partial charge in [-0.15, -0.1) is 0 Å². The van der Waals surface area contributed by atoms with E-state index < -0.39 is 8.07 Å². The largest absolute Gasteiger partial charge is 0.309 e. The van der Waals surface area contributed by atoms with Crippen LogP contribution in [-0.2, 0) is 0 Å². The van der Waals surface area contributed by atoms with E-state index >= 15 is 0 Å². The summed E-state index contributed by atoms with van der Waals surface area (Å²) in [6.07, 6.45) is 0. The number of benzene rings is 10. The Balaban J connectivity index is 1.01. The van der Waals surface area contributed by atoms with Crippen LogP contribution in [0.25, 0.3) is 77.2 Å². The monoisotopic (exact) mass is 818 g/mol. The number of hydrogen-bond acceptors (Lipinski definition) is 0. The summed E-state index contributed by atoms with van der Waals surface area (Å²) in [4.78, 5) is 0. The van der Waals surface area contributed by atoms with Crippen LogP contribution in [0.4, 0.5) is 0 Å². The van der Waals surface area contributed by atoms with Crippen molar-refractivity contribution in [2.75, 3.05) is 0 Å². The summed E-state index contributed by atoms with van der Waals surface area (Å²) in [5, 5.41) is 10.4. The molecule has 0 N–H and O–H groups in total. The van der Waals surface area contributed by atoms with E-state index in [2.05, 4.69) is 264 Å². The van der Waals surface area contributed by atoms with Gasteiger partial charge in [0.15, 0.2) is 8.07 Å². The molecular weight excluding hydrogens is 777 g/mol. The number of aromatic nitrogens is 2. The predicted molar refractivity (Wildman–Crippen MR) is 270 cm³/mol. The highest BCUT2D eigenvalue weighted by Crippen LogP contribution is 2.38. The standard InChI is InChI=1S/C60H42N2Si/c1-5-19-43(20-6-1)44-21-17-23-47(39-44)61-58-34-16-14-32-54(58)56-42-48(36-38-60(56)61)62-57-33-15-13-31-53(57)55-41-46(35-37-59(55)62)45-22-18-30-52(40-45)63(49-24-7-2-8-25-49,50-26-9-3-10-27-50)51-28-11-4-12-29-51/h1-42H. The molecule has 0 aliphatic heterocycles. The van der Waals surface area contributed by atoms with Crippen LogP contribution in [0.5, 0.6) is 0 Å². The summed E-state index contributed by atoms with van der Waals surface area (Å²) in [5.74, 6) is 0. The Labute approximate surface area is 368 Å². The van der Waals surface area contributed by atoms with E-state index in [4.69, 9.17) is 0 Å². The van der Waals surface area contributed by atoms with Crippen LogP contribution in [0.2, 0.25) is 0 Å². The lowest BCUT2D eigenvalue weighted by Crippen LogP contribution is -2.74. The van der Waals surface area contributed by atoms with E-state index in [-0.39, 0.29) is 0 Å². The summed E-state index contributed by atoms with van der Waals surface area (Å²) in [6, 6.07) is 94.2. The highest BCUT2D eigenvalue weighted by Gasteiger charge is 2.41. The van der Waals surface area contributed by atoms with Crippen LogP contribution in [0.1, 0.15) is 0 Å². The van der Waals surface area contributed by atoms with E-state index in [1.54, 1.807) is 0 Å². The van der Waals surface area contributed by atoms with Gasteiger partial charge in [0.1, 0.15) is 0 Å². The fourth-order valence-corrected chi connectivity index (χ4v) is 15.1.